The van der Waals surface area contributed by atoms with E-state index in [1.165, 1.54) is 0 Å². The number of aromatic nitrogens is 4. The van der Waals surface area contributed by atoms with Crippen LogP contribution in [-0.2, 0) is 0 Å². The van der Waals surface area contributed by atoms with Gasteiger partial charge < -0.3 is 5.11 Å². The van der Waals surface area contributed by atoms with Crippen LogP contribution >= 0.6 is 0 Å². The number of pyridine rings is 1. The van der Waals surface area contributed by atoms with E-state index in [9.17, 15) is 5.11 Å². The molecule has 3 aromatic heterocycles. The fourth-order valence-corrected chi connectivity index (χ4v) is 2.68. The van der Waals surface area contributed by atoms with Crippen LogP contribution in [0.25, 0.3) is 28.3 Å². The van der Waals surface area contributed by atoms with E-state index in [2.05, 4.69) is 15.0 Å². The zero-order valence-corrected chi connectivity index (χ0v) is 12.5. The number of hydrogen-bond donors (Lipinski definition) is 1. The Kier molecular flexibility index (Phi) is 3.05. The highest BCUT2D eigenvalue weighted by molar-refractivity contribution is 5.81. The zero-order chi connectivity index (χ0) is 15.8. The maximum atomic E-state index is 9.52. The minimum atomic E-state index is 0.233. The van der Waals surface area contributed by atoms with Gasteiger partial charge in [-0.25, -0.2) is 9.97 Å². The Bertz CT molecular complexity index is 990. The van der Waals surface area contributed by atoms with Crippen molar-refractivity contribution in [1.82, 2.24) is 19.4 Å². The van der Waals surface area contributed by atoms with Gasteiger partial charge in [0, 0.05) is 35.4 Å². The average Bonchev–Trinajstić information content (AvgIpc) is 2.95. The molecule has 0 aliphatic carbocycles. The fourth-order valence-electron chi connectivity index (χ4n) is 2.68. The number of phenols is 1. The van der Waals surface area contributed by atoms with Gasteiger partial charge in [0.25, 0.3) is 0 Å². The molecule has 0 aliphatic heterocycles. The van der Waals surface area contributed by atoms with Crippen LogP contribution in [0, 0.1) is 6.92 Å². The summed E-state index contributed by atoms with van der Waals surface area (Å²) in [6.07, 6.45) is 5.47. The first kappa shape index (κ1) is 13.5. The number of fused-ring (bicyclic) bond motifs is 1. The number of hydrogen-bond acceptors (Lipinski definition) is 4. The minimum absolute atomic E-state index is 0.233. The first-order chi connectivity index (χ1) is 11.2. The molecule has 0 radical (unpaired) electrons. The molecular formula is C18H14N4O. The van der Waals surface area contributed by atoms with Crippen molar-refractivity contribution in [3.63, 3.8) is 0 Å². The summed E-state index contributed by atoms with van der Waals surface area (Å²) < 4.78 is 1.97. The van der Waals surface area contributed by atoms with E-state index >= 15 is 0 Å². The van der Waals surface area contributed by atoms with E-state index in [0.717, 1.165) is 28.2 Å². The molecule has 0 saturated carbocycles. The summed E-state index contributed by atoms with van der Waals surface area (Å²) in [6.45, 7) is 1.96. The molecule has 23 heavy (non-hydrogen) atoms. The first-order valence-electron chi connectivity index (χ1n) is 7.28. The lowest BCUT2D eigenvalue weighted by Gasteiger charge is -2.06. The average molecular weight is 302 g/mol. The van der Waals surface area contributed by atoms with Crippen LogP contribution in [0.3, 0.4) is 0 Å². The second-order valence-corrected chi connectivity index (χ2v) is 5.33. The maximum absolute atomic E-state index is 9.52. The summed E-state index contributed by atoms with van der Waals surface area (Å²) in [5, 5.41) is 9.52. The molecule has 112 valence electrons. The molecule has 0 aliphatic rings. The van der Waals surface area contributed by atoms with Crippen LogP contribution in [0.15, 0.2) is 61.1 Å². The molecule has 3 heterocycles. The van der Waals surface area contributed by atoms with Gasteiger partial charge in [0.1, 0.15) is 5.75 Å². The quantitative estimate of drug-likeness (QED) is 0.616. The van der Waals surface area contributed by atoms with E-state index in [-0.39, 0.29) is 5.75 Å². The molecule has 0 amide bonds. The predicted octanol–water partition coefficient (Wildman–Crippen LogP) is 3.47. The number of imidazole rings is 1. The van der Waals surface area contributed by atoms with Gasteiger partial charge >= 0.3 is 0 Å². The Morgan fingerprint density at radius 1 is 0.957 bits per heavy atom. The van der Waals surface area contributed by atoms with Crippen LogP contribution in [0.2, 0.25) is 0 Å². The summed E-state index contributed by atoms with van der Waals surface area (Å²) in [6, 6.07) is 12.9. The number of phenolic OH excluding ortho intramolecular Hbond substituents is 1. The van der Waals surface area contributed by atoms with E-state index < -0.39 is 0 Å². The minimum Gasteiger partial charge on any atom is -0.508 e. The standard InChI is InChI=1S/C18H14N4O/c1-12-11-14(7-9-19-12)17-16(13-3-5-15(23)6-4-13)21-18-20-8-2-10-22(17)18/h2-11,23H,1H3. The van der Waals surface area contributed by atoms with Gasteiger partial charge in [0.2, 0.25) is 5.78 Å². The van der Waals surface area contributed by atoms with Crippen molar-refractivity contribution >= 4 is 5.78 Å². The van der Waals surface area contributed by atoms with Gasteiger partial charge in [-0.15, -0.1) is 0 Å². The van der Waals surface area contributed by atoms with E-state index in [4.69, 9.17) is 0 Å². The molecule has 1 aromatic carbocycles. The number of rotatable bonds is 2. The predicted molar refractivity (Wildman–Crippen MR) is 88.1 cm³/mol. The van der Waals surface area contributed by atoms with Gasteiger partial charge in [-0.3, -0.25) is 9.38 Å². The fraction of sp³-hybridized carbons (Fsp3) is 0.0556. The number of nitrogens with zero attached hydrogens (tertiary/aromatic N) is 4. The lowest BCUT2D eigenvalue weighted by molar-refractivity contribution is 0.475. The van der Waals surface area contributed by atoms with Crippen LogP contribution in [0.5, 0.6) is 5.75 Å². The van der Waals surface area contributed by atoms with Crippen molar-refractivity contribution in [2.45, 2.75) is 6.92 Å². The molecule has 0 saturated heterocycles. The molecule has 0 atom stereocenters. The summed E-state index contributed by atoms with van der Waals surface area (Å²) >= 11 is 0. The summed E-state index contributed by atoms with van der Waals surface area (Å²) in [7, 11) is 0. The highest BCUT2D eigenvalue weighted by Gasteiger charge is 2.16. The molecule has 0 unspecified atom stereocenters. The van der Waals surface area contributed by atoms with E-state index in [1.807, 2.05) is 47.9 Å². The van der Waals surface area contributed by atoms with Gasteiger partial charge in [0.15, 0.2) is 0 Å². The number of benzene rings is 1. The Hall–Kier alpha value is -3.21. The largest absolute Gasteiger partial charge is 0.508 e. The van der Waals surface area contributed by atoms with Crippen LogP contribution in [0.4, 0.5) is 0 Å². The monoisotopic (exact) mass is 302 g/mol. The van der Waals surface area contributed by atoms with Crippen molar-refractivity contribution in [2.75, 3.05) is 0 Å². The molecule has 5 nitrogen and oxygen atoms in total. The topological polar surface area (TPSA) is 63.3 Å². The van der Waals surface area contributed by atoms with E-state index in [1.54, 1.807) is 24.5 Å². The highest BCUT2D eigenvalue weighted by Crippen LogP contribution is 2.32. The van der Waals surface area contributed by atoms with Gasteiger partial charge in [-0.2, -0.15) is 0 Å². The summed E-state index contributed by atoms with van der Waals surface area (Å²) in [4.78, 5) is 13.3. The summed E-state index contributed by atoms with van der Waals surface area (Å²) in [5.41, 5.74) is 4.69. The Labute approximate surface area is 132 Å². The highest BCUT2D eigenvalue weighted by atomic mass is 16.3. The Morgan fingerprint density at radius 3 is 2.57 bits per heavy atom. The normalized spacial score (nSPS) is 11.0. The smallest absolute Gasteiger partial charge is 0.234 e. The molecule has 5 heteroatoms. The van der Waals surface area contributed by atoms with Crippen LogP contribution in [-0.4, -0.2) is 24.5 Å². The molecule has 0 spiro atoms. The molecule has 1 N–H and O–H groups in total. The first-order valence-corrected chi connectivity index (χ1v) is 7.28. The Morgan fingerprint density at radius 2 is 1.78 bits per heavy atom. The van der Waals surface area contributed by atoms with Crippen molar-refractivity contribution < 1.29 is 5.11 Å². The van der Waals surface area contributed by atoms with E-state index in [0.29, 0.717) is 5.78 Å². The SMILES string of the molecule is Cc1cc(-c2c(-c3ccc(O)cc3)nc3ncccn23)ccn1. The van der Waals surface area contributed by atoms with Gasteiger partial charge in [0.05, 0.1) is 11.4 Å². The molecule has 4 aromatic rings. The third-order valence-electron chi connectivity index (χ3n) is 3.71. The van der Waals surface area contributed by atoms with Crippen LogP contribution in [0.1, 0.15) is 5.69 Å². The molecule has 4 rings (SSSR count). The zero-order valence-electron chi connectivity index (χ0n) is 12.5. The van der Waals surface area contributed by atoms with Crippen molar-refractivity contribution in [3.05, 3.63) is 66.7 Å². The molecular weight excluding hydrogens is 288 g/mol. The lowest BCUT2D eigenvalue weighted by Crippen LogP contribution is -1.92. The van der Waals surface area contributed by atoms with Crippen LogP contribution < -0.4 is 0 Å². The number of aromatic hydroxyl groups is 1. The van der Waals surface area contributed by atoms with Gasteiger partial charge in [-0.05, 0) is 49.4 Å². The lowest BCUT2D eigenvalue weighted by atomic mass is 10.0. The van der Waals surface area contributed by atoms with Crippen molar-refractivity contribution in [2.24, 2.45) is 0 Å². The third kappa shape index (κ3) is 2.32. The molecule has 0 fully saturated rings. The third-order valence-corrected chi connectivity index (χ3v) is 3.71. The van der Waals surface area contributed by atoms with Gasteiger partial charge in [-0.1, -0.05) is 0 Å². The summed E-state index contributed by atoms with van der Waals surface area (Å²) in [5.74, 6) is 0.872. The van der Waals surface area contributed by atoms with Crippen molar-refractivity contribution in [1.29, 1.82) is 0 Å². The second-order valence-electron chi connectivity index (χ2n) is 5.33. The number of aryl methyl sites for hydroxylation is 1. The van der Waals surface area contributed by atoms with Crippen molar-refractivity contribution in [3.8, 4) is 28.3 Å². The maximum Gasteiger partial charge on any atom is 0.234 e. The Balaban J connectivity index is 2.04. The second kappa shape index (κ2) is 5.21. The molecule has 0 bridgehead atoms.